The molecule has 0 saturated carbocycles. The Morgan fingerprint density at radius 2 is 0.586 bits per heavy atom. The third-order valence-electron chi connectivity index (χ3n) is 4.14. The zero-order chi connectivity index (χ0) is 23.4. The van der Waals surface area contributed by atoms with E-state index in [0.29, 0.717) is 0 Å². The number of carboxylic acids is 4. The van der Waals surface area contributed by atoms with Crippen LogP contribution in [0, 0.1) is 23.7 Å². The molecule has 4 unspecified atom stereocenters. The van der Waals surface area contributed by atoms with Gasteiger partial charge >= 0.3 is 23.9 Å². The average molecular weight is 441 g/mol. The quantitative estimate of drug-likeness (QED) is 0.421. The molecule has 0 spiro atoms. The van der Waals surface area contributed by atoms with Crippen LogP contribution in [0.25, 0.3) is 0 Å². The minimum absolute atomic E-state index is 0. The van der Waals surface area contributed by atoms with E-state index in [2.05, 4.69) is 0 Å². The Balaban J connectivity index is -0.0000000873. The predicted molar refractivity (Wildman–Crippen MR) is 120 cm³/mol. The minimum atomic E-state index is -0.706. The van der Waals surface area contributed by atoms with Gasteiger partial charge in [0.1, 0.15) is 0 Å². The monoisotopic (exact) mass is 440 g/mol. The average Bonchev–Trinajstić information content (AvgIpc) is 2.66. The molecule has 4 atom stereocenters. The van der Waals surface area contributed by atoms with Crippen molar-refractivity contribution < 1.29 is 39.6 Å². The molecule has 0 radical (unpaired) electrons. The fourth-order valence-corrected chi connectivity index (χ4v) is 0.698. The maximum absolute atomic E-state index is 9.93. The molecule has 0 aliphatic carbocycles. The first kappa shape index (κ1) is 37.8. The van der Waals surface area contributed by atoms with Crippen molar-refractivity contribution in [1.82, 2.24) is 0 Å². The van der Waals surface area contributed by atoms with E-state index < -0.39 is 23.9 Å². The zero-order valence-corrected chi connectivity index (χ0v) is 18.6. The fourth-order valence-electron chi connectivity index (χ4n) is 0.698. The van der Waals surface area contributed by atoms with Gasteiger partial charge in [0.25, 0.3) is 0 Å². The second-order valence-corrected chi connectivity index (χ2v) is 6.59. The van der Waals surface area contributed by atoms with Crippen molar-refractivity contribution in [2.75, 3.05) is 0 Å². The summed E-state index contributed by atoms with van der Waals surface area (Å²) in [6, 6.07) is 0. The molecule has 29 heavy (non-hydrogen) atoms. The molecule has 0 rings (SSSR count). The maximum Gasteiger partial charge on any atom is 0.306 e. The summed E-state index contributed by atoms with van der Waals surface area (Å²) >= 11 is 0. The van der Waals surface area contributed by atoms with Crippen molar-refractivity contribution in [2.45, 2.75) is 81.1 Å². The van der Waals surface area contributed by atoms with E-state index in [1.54, 1.807) is 27.7 Å². The molecule has 0 aromatic carbocycles. The lowest BCUT2D eigenvalue weighted by Gasteiger charge is -1.96. The lowest BCUT2D eigenvalue weighted by atomic mass is 10.1. The van der Waals surface area contributed by atoms with Crippen LogP contribution in [0.4, 0.5) is 0 Å². The van der Waals surface area contributed by atoms with E-state index in [4.69, 9.17) is 20.4 Å². The van der Waals surface area contributed by atoms with Crippen molar-refractivity contribution in [3.8, 4) is 0 Å². The van der Waals surface area contributed by atoms with Gasteiger partial charge in [-0.1, -0.05) is 55.4 Å². The lowest BCUT2D eigenvalue weighted by Crippen LogP contribution is -2.06. The van der Waals surface area contributed by atoms with Crippen molar-refractivity contribution in [1.29, 1.82) is 0 Å². The molecule has 0 amide bonds. The Morgan fingerprint density at radius 1 is 0.483 bits per heavy atom. The molecule has 0 aromatic heterocycles. The molecule has 0 bridgehead atoms. The van der Waals surface area contributed by atoms with Gasteiger partial charge in [-0.15, -0.1) is 0 Å². The molecule has 0 aliphatic rings. The number of hydrogen-bond acceptors (Lipinski definition) is 4. The van der Waals surface area contributed by atoms with Gasteiger partial charge in [-0.2, -0.15) is 0 Å². The van der Waals surface area contributed by atoms with E-state index in [-0.39, 0.29) is 34.6 Å². The molecule has 0 aromatic rings. The second-order valence-electron chi connectivity index (χ2n) is 6.59. The van der Waals surface area contributed by atoms with Gasteiger partial charge in [0, 0.05) is 0 Å². The molecule has 0 fully saturated rings. The lowest BCUT2D eigenvalue weighted by molar-refractivity contribution is -0.142. The van der Waals surface area contributed by atoms with Gasteiger partial charge in [0.05, 0.1) is 23.7 Å². The van der Waals surface area contributed by atoms with E-state index >= 15 is 0 Å². The van der Waals surface area contributed by atoms with Gasteiger partial charge in [-0.25, -0.2) is 0 Å². The first-order valence-electron chi connectivity index (χ1n) is 9.64. The van der Waals surface area contributed by atoms with E-state index in [0.717, 1.165) is 25.7 Å². The van der Waals surface area contributed by atoms with Crippen molar-refractivity contribution >= 4 is 34.8 Å². The fraction of sp³-hybridized carbons (Fsp3) is 0.800. The number of carbonyl (C=O) groups is 4. The van der Waals surface area contributed by atoms with Crippen LogP contribution < -0.4 is 0 Å². The standard InChI is InChI=1S/4C5H10O2.H4Si/c4*1-3-4(2)5(6)7;/h4*4H,3H2,1-2H3,(H,6,7);1H4. The number of carboxylic acid groups (broad SMARTS) is 4. The van der Waals surface area contributed by atoms with Crippen LogP contribution in [-0.4, -0.2) is 55.3 Å². The first-order valence-corrected chi connectivity index (χ1v) is 9.64. The van der Waals surface area contributed by atoms with Crippen LogP contribution in [-0.2, 0) is 19.2 Å². The van der Waals surface area contributed by atoms with E-state index in [9.17, 15) is 19.2 Å². The summed E-state index contributed by atoms with van der Waals surface area (Å²) in [5, 5.41) is 32.7. The van der Waals surface area contributed by atoms with Gasteiger partial charge in [-0.3, -0.25) is 19.2 Å². The third-order valence-corrected chi connectivity index (χ3v) is 4.14. The molecule has 4 N–H and O–H groups in total. The SMILES string of the molecule is CCC(C)C(=O)O.CCC(C)C(=O)O.CCC(C)C(=O)O.CCC(C)C(=O)O.[SiH4]. The van der Waals surface area contributed by atoms with Crippen LogP contribution in [0.3, 0.4) is 0 Å². The summed E-state index contributed by atoms with van der Waals surface area (Å²) < 4.78 is 0. The topological polar surface area (TPSA) is 149 Å². The maximum atomic E-state index is 9.93. The first-order chi connectivity index (χ1) is 12.7. The summed E-state index contributed by atoms with van der Waals surface area (Å²) in [7, 11) is 0. The summed E-state index contributed by atoms with van der Waals surface area (Å²) in [6.07, 6.45) is 2.87. The molecule has 9 heteroatoms. The minimum Gasteiger partial charge on any atom is -0.481 e. The molecule has 0 saturated heterocycles. The molecule has 176 valence electrons. The predicted octanol–water partition coefficient (Wildman–Crippen LogP) is 3.02. The highest BCUT2D eigenvalue weighted by molar-refractivity contribution is 5.75. The molecule has 0 aliphatic heterocycles. The Labute approximate surface area is 179 Å². The summed E-state index contributed by atoms with van der Waals surface area (Å²) in [5.41, 5.74) is 0. The highest BCUT2D eigenvalue weighted by Crippen LogP contribution is 1.99. The van der Waals surface area contributed by atoms with Crippen LogP contribution in [0.15, 0.2) is 0 Å². The number of hydrogen-bond donors (Lipinski definition) is 4. The van der Waals surface area contributed by atoms with Crippen molar-refractivity contribution in [3.05, 3.63) is 0 Å². The zero-order valence-electron chi connectivity index (χ0n) is 18.6. The Hall–Kier alpha value is -1.90. The van der Waals surface area contributed by atoms with Crippen LogP contribution in [0.1, 0.15) is 81.1 Å². The highest BCUT2D eigenvalue weighted by Gasteiger charge is 2.06. The van der Waals surface area contributed by atoms with Crippen molar-refractivity contribution in [2.24, 2.45) is 23.7 Å². The smallest absolute Gasteiger partial charge is 0.306 e. The van der Waals surface area contributed by atoms with Crippen molar-refractivity contribution in [3.63, 3.8) is 0 Å². The van der Waals surface area contributed by atoms with Crippen LogP contribution in [0.2, 0.25) is 0 Å². The van der Waals surface area contributed by atoms with Crippen LogP contribution >= 0.6 is 0 Å². The molecule has 8 nitrogen and oxygen atoms in total. The Morgan fingerprint density at radius 3 is 0.586 bits per heavy atom. The third kappa shape index (κ3) is 31.0. The van der Waals surface area contributed by atoms with Gasteiger partial charge < -0.3 is 20.4 Å². The highest BCUT2D eigenvalue weighted by atomic mass is 28.1. The Kier molecular flexibility index (Phi) is 31.5. The van der Waals surface area contributed by atoms with Gasteiger partial charge in [0.15, 0.2) is 0 Å². The van der Waals surface area contributed by atoms with Gasteiger partial charge in [-0.05, 0) is 36.6 Å². The summed E-state index contributed by atoms with van der Waals surface area (Å²) in [4.78, 5) is 39.7. The normalized spacial score (nSPS) is 13.0. The molecule has 0 heterocycles. The number of rotatable bonds is 8. The van der Waals surface area contributed by atoms with E-state index in [1.165, 1.54) is 0 Å². The second kappa shape index (κ2) is 24.1. The van der Waals surface area contributed by atoms with E-state index in [1.807, 2.05) is 27.7 Å². The van der Waals surface area contributed by atoms with Gasteiger partial charge in [0.2, 0.25) is 0 Å². The summed E-state index contributed by atoms with van der Waals surface area (Å²) in [5.74, 6) is -3.55. The Bertz CT molecular complexity index is 360. The number of aliphatic carboxylic acids is 4. The summed E-state index contributed by atoms with van der Waals surface area (Å²) in [6.45, 7) is 14.2. The van der Waals surface area contributed by atoms with Crippen LogP contribution in [0.5, 0.6) is 0 Å². The molecular weight excluding hydrogens is 396 g/mol. The largest absolute Gasteiger partial charge is 0.481 e. The molecular formula is C20H44O8Si.